The summed E-state index contributed by atoms with van der Waals surface area (Å²) in [5, 5.41) is 0. The molecule has 0 aliphatic rings. The van der Waals surface area contributed by atoms with Crippen LogP contribution in [0.4, 0.5) is 11.4 Å². The van der Waals surface area contributed by atoms with Gasteiger partial charge in [-0.25, -0.2) is 0 Å². The average Bonchev–Trinajstić information content (AvgIpc) is 3.18. The van der Waals surface area contributed by atoms with E-state index >= 15 is 0 Å². The van der Waals surface area contributed by atoms with Crippen LogP contribution in [0.2, 0.25) is 0 Å². The van der Waals surface area contributed by atoms with Crippen LogP contribution < -0.4 is 11.5 Å². The molecule has 2 aromatic carbocycles. The number of anilines is 2. The van der Waals surface area contributed by atoms with Crippen molar-refractivity contribution < 1.29 is 0 Å². The van der Waals surface area contributed by atoms with E-state index in [9.17, 15) is 0 Å². The van der Waals surface area contributed by atoms with Crippen LogP contribution in [0.25, 0.3) is 33.2 Å². The lowest BCUT2D eigenvalue weighted by Gasteiger charge is -2.11. The van der Waals surface area contributed by atoms with Crippen LogP contribution >= 0.6 is 23.5 Å². The molecule has 23 heavy (non-hydrogen) atoms. The van der Waals surface area contributed by atoms with Gasteiger partial charge in [-0.2, -0.15) is 17.5 Å². The Bertz CT molecular complexity index is 1120. The summed E-state index contributed by atoms with van der Waals surface area (Å²) in [5.74, 6) is 5.90. The van der Waals surface area contributed by atoms with E-state index in [0.717, 1.165) is 56.7 Å². The first-order valence-electron chi connectivity index (χ1n) is 6.69. The topological polar surface area (TPSA) is 104 Å². The fraction of sp³-hybridized carbons (Fsp3) is 0.0667. The highest BCUT2D eigenvalue weighted by Crippen LogP contribution is 2.41. The molecule has 6 nitrogen and oxygen atoms in total. The number of rotatable bonds is 1. The number of nitrogen functional groups attached to an aromatic ring is 2. The van der Waals surface area contributed by atoms with Crippen molar-refractivity contribution in [3.63, 3.8) is 0 Å². The monoisotopic (exact) mass is 338 g/mol. The van der Waals surface area contributed by atoms with Gasteiger partial charge in [-0.1, -0.05) is 5.92 Å². The number of hydrogen-bond acceptors (Lipinski definition) is 8. The van der Waals surface area contributed by atoms with Crippen molar-refractivity contribution >= 4 is 56.9 Å². The summed E-state index contributed by atoms with van der Waals surface area (Å²) in [5.41, 5.74) is 18.8. The summed E-state index contributed by atoms with van der Waals surface area (Å²) in [6.07, 6.45) is 0. The number of benzene rings is 2. The van der Waals surface area contributed by atoms with Gasteiger partial charge in [-0.15, -0.1) is 5.92 Å². The third kappa shape index (κ3) is 2.02. The second-order valence-electron chi connectivity index (χ2n) is 4.89. The van der Waals surface area contributed by atoms with E-state index in [0.29, 0.717) is 16.9 Å². The van der Waals surface area contributed by atoms with Crippen LogP contribution in [0.1, 0.15) is 12.5 Å². The Hall–Kier alpha value is -2.76. The van der Waals surface area contributed by atoms with Crippen molar-refractivity contribution in [2.75, 3.05) is 11.5 Å². The quantitative estimate of drug-likeness (QED) is 0.408. The molecule has 0 bridgehead atoms. The van der Waals surface area contributed by atoms with Gasteiger partial charge < -0.3 is 11.5 Å². The van der Waals surface area contributed by atoms with Gasteiger partial charge in [0.15, 0.2) is 0 Å². The lowest BCUT2D eigenvalue weighted by atomic mass is 9.96. The minimum atomic E-state index is 0.551. The molecule has 0 atom stereocenters. The second kappa shape index (κ2) is 5.15. The maximum Gasteiger partial charge on any atom is 0.121 e. The molecule has 0 aliphatic heterocycles. The lowest BCUT2D eigenvalue weighted by Crippen LogP contribution is -1.98. The standard InChI is InChI=1S/C15H10N6S2/c1-2-3-7-6-9(17)12(15-13(7)19-23-21-15)11-8(16)4-5-10-14(11)20-22-18-10/h4-6H,16-17H2,1H3. The highest BCUT2D eigenvalue weighted by Gasteiger charge is 2.20. The largest absolute Gasteiger partial charge is 0.398 e. The summed E-state index contributed by atoms with van der Waals surface area (Å²) in [6, 6.07) is 5.47. The number of aromatic nitrogens is 4. The molecular weight excluding hydrogens is 328 g/mol. The first-order valence-corrected chi connectivity index (χ1v) is 8.15. The zero-order chi connectivity index (χ0) is 16.0. The van der Waals surface area contributed by atoms with E-state index in [1.165, 1.54) is 0 Å². The molecule has 0 aliphatic carbocycles. The predicted octanol–water partition coefficient (Wildman–Crippen LogP) is 2.90. The van der Waals surface area contributed by atoms with Crippen LogP contribution in [-0.2, 0) is 0 Å². The van der Waals surface area contributed by atoms with Crippen LogP contribution in [0.15, 0.2) is 18.2 Å². The second-order valence-corrected chi connectivity index (χ2v) is 5.94. The highest BCUT2D eigenvalue weighted by molar-refractivity contribution is 7.00. The zero-order valence-corrected chi connectivity index (χ0v) is 13.6. The number of fused-ring (bicyclic) bond motifs is 2. The van der Waals surface area contributed by atoms with Gasteiger partial charge in [0.05, 0.1) is 29.0 Å². The maximum absolute atomic E-state index is 6.31. The SMILES string of the molecule is CC#Cc1cc(N)c(-c2c(N)ccc3nsnc23)c2nsnc12. The summed E-state index contributed by atoms with van der Waals surface area (Å²) in [6.45, 7) is 1.77. The van der Waals surface area contributed by atoms with Gasteiger partial charge in [0, 0.05) is 22.5 Å². The molecule has 2 heterocycles. The number of nitrogens with zero attached hydrogens (tertiary/aromatic N) is 4. The predicted molar refractivity (Wildman–Crippen MR) is 95.2 cm³/mol. The van der Waals surface area contributed by atoms with Crippen LogP contribution in [0.5, 0.6) is 0 Å². The summed E-state index contributed by atoms with van der Waals surface area (Å²) in [7, 11) is 0. The molecule has 0 unspecified atom stereocenters. The molecule has 8 heteroatoms. The molecule has 2 aromatic heterocycles. The first kappa shape index (κ1) is 13.9. The average molecular weight is 338 g/mol. The van der Waals surface area contributed by atoms with Crippen molar-refractivity contribution in [3.8, 4) is 23.0 Å². The maximum atomic E-state index is 6.31. The van der Waals surface area contributed by atoms with Crippen molar-refractivity contribution in [1.29, 1.82) is 0 Å². The van der Waals surface area contributed by atoms with Gasteiger partial charge in [-0.05, 0) is 25.1 Å². The van der Waals surface area contributed by atoms with Gasteiger partial charge in [0.25, 0.3) is 0 Å². The molecule has 4 N–H and O–H groups in total. The van der Waals surface area contributed by atoms with Gasteiger partial charge in [-0.3, -0.25) is 0 Å². The van der Waals surface area contributed by atoms with E-state index in [1.807, 2.05) is 18.2 Å². The van der Waals surface area contributed by atoms with E-state index < -0.39 is 0 Å². The van der Waals surface area contributed by atoms with Crippen LogP contribution in [0, 0.1) is 11.8 Å². The Balaban J connectivity index is 2.17. The van der Waals surface area contributed by atoms with Gasteiger partial charge >= 0.3 is 0 Å². The Morgan fingerprint density at radius 1 is 0.870 bits per heavy atom. The molecule has 0 radical (unpaired) electrons. The van der Waals surface area contributed by atoms with E-state index in [-0.39, 0.29) is 0 Å². The Morgan fingerprint density at radius 2 is 1.57 bits per heavy atom. The molecular formula is C15H10N6S2. The molecule has 4 rings (SSSR count). The molecule has 0 saturated carbocycles. The highest BCUT2D eigenvalue weighted by atomic mass is 32.1. The molecule has 0 fully saturated rings. The first-order chi connectivity index (χ1) is 11.2. The minimum Gasteiger partial charge on any atom is -0.398 e. The van der Waals surface area contributed by atoms with E-state index in [1.54, 1.807) is 6.92 Å². The third-order valence-corrected chi connectivity index (χ3v) is 4.61. The third-order valence-electron chi connectivity index (χ3n) is 3.54. The molecule has 112 valence electrons. The zero-order valence-electron chi connectivity index (χ0n) is 12.0. The molecule has 0 spiro atoms. The minimum absolute atomic E-state index is 0.551. The Labute approximate surface area is 139 Å². The fourth-order valence-corrected chi connectivity index (χ4v) is 3.69. The fourth-order valence-electron chi connectivity index (χ4n) is 2.58. The van der Waals surface area contributed by atoms with Crippen LogP contribution in [-0.4, -0.2) is 17.5 Å². The summed E-state index contributed by atoms with van der Waals surface area (Å²) < 4.78 is 17.4. The van der Waals surface area contributed by atoms with Crippen molar-refractivity contribution in [2.24, 2.45) is 0 Å². The normalized spacial score (nSPS) is 10.8. The number of nitrogens with two attached hydrogens (primary N) is 2. The van der Waals surface area contributed by atoms with Gasteiger partial charge in [0.1, 0.15) is 22.1 Å². The van der Waals surface area contributed by atoms with Crippen LogP contribution in [0.3, 0.4) is 0 Å². The molecule has 4 aromatic rings. The Morgan fingerprint density at radius 3 is 2.39 bits per heavy atom. The van der Waals surface area contributed by atoms with Crippen molar-refractivity contribution in [3.05, 3.63) is 23.8 Å². The smallest absolute Gasteiger partial charge is 0.121 e. The molecule has 0 saturated heterocycles. The Kier molecular flexibility index (Phi) is 3.11. The van der Waals surface area contributed by atoms with E-state index in [2.05, 4.69) is 29.3 Å². The van der Waals surface area contributed by atoms with Crippen molar-refractivity contribution in [1.82, 2.24) is 17.5 Å². The summed E-state index contributed by atoms with van der Waals surface area (Å²) in [4.78, 5) is 0. The van der Waals surface area contributed by atoms with Crippen molar-refractivity contribution in [2.45, 2.75) is 6.92 Å². The summed E-state index contributed by atoms with van der Waals surface area (Å²) >= 11 is 2.27. The molecule has 0 amide bonds. The van der Waals surface area contributed by atoms with Gasteiger partial charge in [0.2, 0.25) is 0 Å². The lowest BCUT2D eigenvalue weighted by molar-refractivity contribution is 1.56. The number of hydrogen-bond donors (Lipinski definition) is 2. The van der Waals surface area contributed by atoms with E-state index in [4.69, 9.17) is 11.5 Å².